The summed E-state index contributed by atoms with van der Waals surface area (Å²) < 4.78 is 61.0. The quantitative estimate of drug-likeness (QED) is 0.849. The van der Waals surface area contributed by atoms with E-state index in [4.69, 9.17) is 0 Å². The van der Waals surface area contributed by atoms with Gasteiger partial charge in [-0.15, -0.1) is 0 Å². The molecule has 1 heterocycles. The molecule has 2 rings (SSSR count). The van der Waals surface area contributed by atoms with E-state index in [-0.39, 0.29) is 36.1 Å². The molecule has 1 saturated heterocycles. The predicted molar refractivity (Wildman–Crippen MR) is 79.8 cm³/mol. The molecular formula is C14H17F3N2O3S. The summed E-state index contributed by atoms with van der Waals surface area (Å²) in [5.41, 5.74) is -0.876. The van der Waals surface area contributed by atoms with Gasteiger partial charge in [0.05, 0.1) is 17.1 Å². The van der Waals surface area contributed by atoms with Crippen LogP contribution < -0.4 is 10.6 Å². The van der Waals surface area contributed by atoms with Gasteiger partial charge in [0, 0.05) is 24.7 Å². The van der Waals surface area contributed by atoms with Crippen molar-refractivity contribution in [3.8, 4) is 0 Å². The third-order valence-corrected chi connectivity index (χ3v) is 5.27. The Morgan fingerprint density at radius 1 is 1.26 bits per heavy atom. The van der Waals surface area contributed by atoms with Crippen LogP contribution in [0, 0.1) is 0 Å². The van der Waals surface area contributed by atoms with Gasteiger partial charge in [-0.1, -0.05) is 12.1 Å². The van der Waals surface area contributed by atoms with E-state index < -0.39 is 27.6 Å². The van der Waals surface area contributed by atoms with Crippen LogP contribution in [0.25, 0.3) is 0 Å². The van der Waals surface area contributed by atoms with Crippen molar-refractivity contribution in [2.75, 3.05) is 23.4 Å². The van der Waals surface area contributed by atoms with E-state index in [0.717, 1.165) is 6.07 Å². The molecule has 1 atom stereocenters. The molecule has 23 heavy (non-hydrogen) atoms. The fourth-order valence-electron chi connectivity index (χ4n) is 2.40. The van der Waals surface area contributed by atoms with Crippen LogP contribution in [0.1, 0.15) is 18.4 Å². The number of halogens is 3. The first-order valence-corrected chi connectivity index (χ1v) is 8.89. The predicted octanol–water partition coefficient (Wildman–Crippen LogP) is 1.81. The first-order valence-electron chi connectivity index (χ1n) is 7.07. The normalized spacial score (nSPS) is 20.2. The van der Waals surface area contributed by atoms with Gasteiger partial charge in [0.2, 0.25) is 5.91 Å². The Morgan fingerprint density at radius 2 is 1.96 bits per heavy atom. The van der Waals surface area contributed by atoms with Gasteiger partial charge < -0.3 is 10.6 Å². The highest BCUT2D eigenvalue weighted by Gasteiger charge is 2.33. The third-order valence-electron chi connectivity index (χ3n) is 3.50. The molecule has 0 aliphatic carbocycles. The van der Waals surface area contributed by atoms with Crippen molar-refractivity contribution in [1.29, 1.82) is 0 Å². The molecule has 0 saturated carbocycles. The zero-order chi connectivity index (χ0) is 17.1. The van der Waals surface area contributed by atoms with E-state index in [1.807, 2.05) is 0 Å². The summed E-state index contributed by atoms with van der Waals surface area (Å²) in [4.78, 5) is 11.7. The lowest BCUT2D eigenvalue weighted by Gasteiger charge is -2.15. The molecule has 0 radical (unpaired) electrons. The van der Waals surface area contributed by atoms with Crippen LogP contribution in [0.5, 0.6) is 0 Å². The van der Waals surface area contributed by atoms with Gasteiger partial charge in [-0.2, -0.15) is 13.2 Å². The Morgan fingerprint density at radius 3 is 2.57 bits per heavy atom. The standard InChI is InChI=1S/C14H17F3N2O3S/c15-14(16,17)11-3-1-2-4-12(11)18-7-5-13(20)19-10-6-8-23(21,22)9-10/h1-4,10,18H,5-9H2,(H,19,20). The van der Waals surface area contributed by atoms with Crippen molar-refractivity contribution >= 4 is 21.4 Å². The molecule has 2 N–H and O–H groups in total. The summed E-state index contributed by atoms with van der Waals surface area (Å²) in [7, 11) is -3.08. The molecule has 1 aliphatic rings. The number of amides is 1. The van der Waals surface area contributed by atoms with Crippen LogP contribution in [-0.2, 0) is 20.8 Å². The number of alkyl halides is 3. The fraction of sp³-hybridized carbons (Fsp3) is 0.500. The smallest absolute Gasteiger partial charge is 0.384 e. The second-order valence-corrected chi connectivity index (χ2v) is 7.62. The number of anilines is 1. The van der Waals surface area contributed by atoms with Gasteiger partial charge in [0.25, 0.3) is 0 Å². The maximum absolute atomic E-state index is 12.8. The average molecular weight is 350 g/mol. The van der Waals surface area contributed by atoms with Gasteiger partial charge in [-0.05, 0) is 18.6 Å². The molecule has 1 unspecified atom stereocenters. The van der Waals surface area contributed by atoms with Gasteiger partial charge in [-0.3, -0.25) is 4.79 Å². The molecule has 1 aromatic carbocycles. The molecule has 0 bridgehead atoms. The van der Waals surface area contributed by atoms with Crippen molar-refractivity contribution in [1.82, 2.24) is 5.32 Å². The van der Waals surface area contributed by atoms with Crippen molar-refractivity contribution in [3.63, 3.8) is 0 Å². The van der Waals surface area contributed by atoms with Gasteiger partial charge >= 0.3 is 6.18 Å². The van der Waals surface area contributed by atoms with Gasteiger partial charge in [0.15, 0.2) is 9.84 Å². The topological polar surface area (TPSA) is 75.3 Å². The lowest BCUT2D eigenvalue weighted by atomic mass is 10.1. The van der Waals surface area contributed by atoms with Gasteiger partial charge in [-0.25, -0.2) is 8.42 Å². The zero-order valence-electron chi connectivity index (χ0n) is 12.2. The second-order valence-electron chi connectivity index (χ2n) is 5.39. The zero-order valence-corrected chi connectivity index (χ0v) is 13.0. The Bertz CT molecular complexity index is 674. The molecule has 1 aromatic rings. The highest BCUT2D eigenvalue weighted by Crippen LogP contribution is 2.34. The lowest BCUT2D eigenvalue weighted by Crippen LogP contribution is -2.36. The molecule has 1 aliphatic heterocycles. The molecule has 5 nitrogen and oxygen atoms in total. The van der Waals surface area contributed by atoms with E-state index in [2.05, 4.69) is 10.6 Å². The van der Waals surface area contributed by atoms with Gasteiger partial charge in [0.1, 0.15) is 0 Å². The summed E-state index contributed by atoms with van der Waals surface area (Å²) in [6, 6.07) is 4.62. The highest BCUT2D eigenvalue weighted by atomic mass is 32.2. The molecule has 1 fully saturated rings. The minimum Gasteiger partial charge on any atom is -0.384 e. The first kappa shape index (κ1) is 17.6. The maximum Gasteiger partial charge on any atom is 0.418 e. The largest absolute Gasteiger partial charge is 0.418 e. The minimum absolute atomic E-state index is 0.0262. The summed E-state index contributed by atoms with van der Waals surface area (Å²) in [6.45, 7) is 0.0262. The van der Waals surface area contributed by atoms with Crippen molar-refractivity contribution in [3.05, 3.63) is 29.8 Å². The number of carbonyl (C=O) groups is 1. The molecule has 9 heteroatoms. The lowest BCUT2D eigenvalue weighted by molar-refractivity contribution is -0.137. The van der Waals surface area contributed by atoms with E-state index >= 15 is 0 Å². The van der Waals surface area contributed by atoms with E-state index in [9.17, 15) is 26.4 Å². The van der Waals surface area contributed by atoms with Crippen molar-refractivity contribution < 1.29 is 26.4 Å². The van der Waals surface area contributed by atoms with Crippen LogP contribution in [-0.4, -0.2) is 38.4 Å². The Labute approximate surface area is 132 Å². The number of hydrogen-bond donors (Lipinski definition) is 2. The Hall–Kier alpha value is -1.77. The average Bonchev–Trinajstić information content (AvgIpc) is 2.77. The first-order chi connectivity index (χ1) is 10.7. The summed E-state index contributed by atoms with van der Waals surface area (Å²) in [6.07, 6.45) is -4.13. The SMILES string of the molecule is O=C(CCNc1ccccc1C(F)(F)F)NC1CCS(=O)(=O)C1. The molecule has 0 aromatic heterocycles. The molecule has 0 spiro atoms. The Kier molecular flexibility index (Phi) is 5.18. The number of rotatable bonds is 5. The number of benzene rings is 1. The third kappa shape index (κ3) is 5.12. The second kappa shape index (κ2) is 6.77. The van der Waals surface area contributed by atoms with Crippen LogP contribution in [0.4, 0.5) is 18.9 Å². The maximum atomic E-state index is 12.8. The Balaban J connectivity index is 1.83. The number of nitrogens with one attached hydrogen (secondary N) is 2. The van der Waals surface area contributed by atoms with E-state index in [0.29, 0.717) is 6.42 Å². The summed E-state index contributed by atoms with van der Waals surface area (Å²) >= 11 is 0. The molecule has 1 amide bonds. The van der Waals surface area contributed by atoms with Crippen LogP contribution in [0.2, 0.25) is 0 Å². The van der Waals surface area contributed by atoms with E-state index in [1.54, 1.807) is 0 Å². The van der Waals surface area contributed by atoms with Crippen molar-refractivity contribution in [2.24, 2.45) is 0 Å². The summed E-state index contributed by atoms with van der Waals surface area (Å²) in [5, 5.41) is 5.18. The number of hydrogen-bond acceptors (Lipinski definition) is 4. The number of sulfone groups is 1. The number of para-hydroxylation sites is 1. The summed E-state index contributed by atoms with van der Waals surface area (Å²) in [5.74, 6) is -0.415. The van der Waals surface area contributed by atoms with Crippen LogP contribution in [0.3, 0.4) is 0 Å². The van der Waals surface area contributed by atoms with Crippen LogP contribution >= 0.6 is 0 Å². The number of carbonyl (C=O) groups excluding carboxylic acids is 1. The van der Waals surface area contributed by atoms with E-state index in [1.165, 1.54) is 18.2 Å². The fourth-order valence-corrected chi connectivity index (χ4v) is 4.08. The minimum atomic E-state index is -4.47. The molecule has 128 valence electrons. The van der Waals surface area contributed by atoms with Crippen molar-refractivity contribution in [2.45, 2.75) is 25.1 Å². The van der Waals surface area contributed by atoms with Crippen LogP contribution in [0.15, 0.2) is 24.3 Å². The highest BCUT2D eigenvalue weighted by molar-refractivity contribution is 7.91. The molecular weight excluding hydrogens is 333 g/mol. The monoisotopic (exact) mass is 350 g/mol.